The molecule has 0 fully saturated rings. The van der Waals surface area contributed by atoms with Crippen LogP contribution in [0.25, 0.3) is 0 Å². The zero-order valence-electron chi connectivity index (χ0n) is 11.3. The zero-order valence-corrected chi connectivity index (χ0v) is 12.9. The van der Waals surface area contributed by atoms with E-state index in [4.69, 9.17) is 0 Å². The number of amides is 1. The van der Waals surface area contributed by atoms with Crippen LogP contribution >= 0.6 is 15.9 Å². The Morgan fingerprint density at radius 1 is 1.29 bits per heavy atom. The Morgan fingerprint density at radius 2 is 2.00 bits per heavy atom. The lowest BCUT2D eigenvalue weighted by atomic mass is 10.1. The van der Waals surface area contributed by atoms with Crippen LogP contribution in [-0.4, -0.2) is 10.8 Å². The van der Waals surface area contributed by atoms with Gasteiger partial charge in [-0.2, -0.15) is 0 Å². The van der Waals surface area contributed by atoms with Gasteiger partial charge >= 0.3 is 0 Å². The molecule has 0 aliphatic heterocycles. The molecule has 2 aromatic carbocycles. The van der Waals surface area contributed by atoms with Crippen molar-refractivity contribution in [2.45, 2.75) is 13.5 Å². The van der Waals surface area contributed by atoms with Crippen LogP contribution < -0.4 is 5.32 Å². The number of nitro groups is 1. The average molecular weight is 349 g/mol. The number of hydrogen-bond acceptors (Lipinski definition) is 3. The SMILES string of the molecule is Cc1ccc(Br)c(C(=O)NCc2ccccc2[N+](=O)[O-])c1. The molecule has 21 heavy (non-hydrogen) atoms. The summed E-state index contributed by atoms with van der Waals surface area (Å²) in [5, 5.41) is 13.6. The molecular formula is C15H13BrN2O3. The first-order chi connectivity index (χ1) is 9.99. The number of rotatable bonds is 4. The third-order valence-electron chi connectivity index (χ3n) is 2.99. The van der Waals surface area contributed by atoms with Crippen LogP contribution in [0.4, 0.5) is 5.69 Å². The first-order valence-corrected chi connectivity index (χ1v) is 7.05. The topological polar surface area (TPSA) is 72.2 Å². The van der Waals surface area contributed by atoms with Crippen molar-refractivity contribution in [1.82, 2.24) is 5.32 Å². The first-order valence-electron chi connectivity index (χ1n) is 6.25. The molecule has 0 radical (unpaired) electrons. The molecule has 0 aliphatic rings. The molecule has 0 heterocycles. The fourth-order valence-electron chi connectivity index (χ4n) is 1.92. The highest BCUT2D eigenvalue weighted by atomic mass is 79.9. The molecule has 1 N–H and O–H groups in total. The van der Waals surface area contributed by atoms with Crippen LogP contribution in [0.5, 0.6) is 0 Å². The number of carbonyl (C=O) groups excluding carboxylic acids is 1. The molecule has 0 atom stereocenters. The average Bonchev–Trinajstić information content (AvgIpc) is 2.47. The van der Waals surface area contributed by atoms with E-state index in [9.17, 15) is 14.9 Å². The van der Waals surface area contributed by atoms with Gasteiger partial charge in [-0.05, 0) is 35.0 Å². The molecule has 0 unspecified atom stereocenters. The number of para-hydroxylation sites is 1. The van der Waals surface area contributed by atoms with Crippen molar-refractivity contribution in [2.75, 3.05) is 0 Å². The fourth-order valence-corrected chi connectivity index (χ4v) is 2.35. The highest BCUT2D eigenvalue weighted by molar-refractivity contribution is 9.10. The summed E-state index contributed by atoms with van der Waals surface area (Å²) in [6, 6.07) is 11.8. The molecule has 0 aromatic heterocycles. The zero-order chi connectivity index (χ0) is 15.4. The Labute approximate surface area is 130 Å². The standard InChI is InChI=1S/C15H13BrN2O3/c1-10-6-7-13(16)12(8-10)15(19)17-9-11-4-2-3-5-14(11)18(20)21/h2-8H,9H2,1H3,(H,17,19). The van der Waals surface area contributed by atoms with Crippen LogP contribution in [0, 0.1) is 17.0 Å². The molecule has 2 aromatic rings. The van der Waals surface area contributed by atoms with E-state index in [0.29, 0.717) is 15.6 Å². The fraction of sp³-hybridized carbons (Fsp3) is 0.133. The number of nitrogens with zero attached hydrogens (tertiary/aromatic N) is 1. The smallest absolute Gasteiger partial charge is 0.274 e. The molecule has 0 bridgehead atoms. The second-order valence-corrected chi connectivity index (χ2v) is 5.41. The summed E-state index contributed by atoms with van der Waals surface area (Å²) < 4.78 is 0.688. The largest absolute Gasteiger partial charge is 0.348 e. The predicted octanol–water partition coefficient (Wildman–Crippen LogP) is 3.60. The lowest BCUT2D eigenvalue weighted by Gasteiger charge is -2.08. The van der Waals surface area contributed by atoms with Crippen molar-refractivity contribution in [3.05, 3.63) is 73.7 Å². The van der Waals surface area contributed by atoms with Gasteiger partial charge in [0, 0.05) is 22.6 Å². The highest BCUT2D eigenvalue weighted by Gasteiger charge is 2.15. The Bertz CT molecular complexity index is 701. The number of benzene rings is 2. The molecule has 2 rings (SSSR count). The quantitative estimate of drug-likeness (QED) is 0.677. The van der Waals surface area contributed by atoms with E-state index >= 15 is 0 Å². The third kappa shape index (κ3) is 3.66. The molecule has 0 aliphatic carbocycles. The summed E-state index contributed by atoms with van der Waals surface area (Å²) in [6.07, 6.45) is 0. The molecule has 6 heteroatoms. The van der Waals surface area contributed by atoms with Crippen LogP contribution in [0.3, 0.4) is 0 Å². The summed E-state index contributed by atoms with van der Waals surface area (Å²) in [7, 11) is 0. The number of nitrogens with one attached hydrogen (secondary N) is 1. The number of hydrogen-bond donors (Lipinski definition) is 1. The molecule has 0 spiro atoms. The van der Waals surface area contributed by atoms with E-state index in [1.165, 1.54) is 6.07 Å². The van der Waals surface area contributed by atoms with Gasteiger partial charge in [0.2, 0.25) is 0 Å². The van der Waals surface area contributed by atoms with E-state index in [1.807, 2.05) is 13.0 Å². The van der Waals surface area contributed by atoms with Gasteiger partial charge in [0.1, 0.15) is 0 Å². The van der Waals surface area contributed by atoms with E-state index < -0.39 is 4.92 Å². The summed E-state index contributed by atoms with van der Waals surface area (Å²) >= 11 is 3.33. The van der Waals surface area contributed by atoms with Crippen molar-refractivity contribution < 1.29 is 9.72 Å². The maximum Gasteiger partial charge on any atom is 0.274 e. The predicted molar refractivity (Wildman–Crippen MR) is 83.1 cm³/mol. The monoisotopic (exact) mass is 348 g/mol. The van der Waals surface area contributed by atoms with Gasteiger partial charge < -0.3 is 5.32 Å². The van der Waals surface area contributed by atoms with Crippen molar-refractivity contribution >= 4 is 27.5 Å². The van der Waals surface area contributed by atoms with Crippen molar-refractivity contribution in [1.29, 1.82) is 0 Å². The second kappa shape index (κ2) is 6.49. The van der Waals surface area contributed by atoms with Gasteiger partial charge in [-0.15, -0.1) is 0 Å². The van der Waals surface area contributed by atoms with Gasteiger partial charge in [-0.3, -0.25) is 14.9 Å². The summed E-state index contributed by atoms with van der Waals surface area (Å²) in [5.74, 6) is -0.274. The van der Waals surface area contributed by atoms with Gasteiger partial charge in [0.15, 0.2) is 0 Å². The molecular weight excluding hydrogens is 336 g/mol. The molecule has 0 saturated carbocycles. The van der Waals surface area contributed by atoms with E-state index in [0.717, 1.165) is 5.56 Å². The first kappa shape index (κ1) is 15.2. The second-order valence-electron chi connectivity index (χ2n) is 4.55. The van der Waals surface area contributed by atoms with Gasteiger partial charge in [-0.25, -0.2) is 0 Å². The van der Waals surface area contributed by atoms with Crippen molar-refractivity contribution in [3.8, 4) is 0 Å². The molecule has 1 amide bonds. The highest BCUT2D eigenvalue weighted by Crippen LogP contribution is 2.20. The van der Waals surface area contributed by atoms with Crippen molar-refractivity contribution in [2.24, 2.45) is 0 Å². The molecule has 0 saturated heterocycles. The normalized spacial score (nSPS) is 10.2. The molecule has 108 valence electrons. The van der Waals surface area contributed by atoms with E-state index in [2.05, 4.69) is 21.2 Å². The molecule has 5 nitrogen and oxygen atoms in total. The Morgan fingerprint density at radius 3 is 2.71 bits per heavy atom. The minimum absolute atomic E-state index is 0.00103. The van der Waals surface area contributed by atoms with Gasteiger partial charge in [0.25, 0.3) is 11.6 Å². The lowest BCUT2D eigenvalue weighted by molar-refractivity contribution is -0.385. The van der Waals surface area contributed by atoms with Crippen molar-refractivity contribution in [3.63, 3.8) is 0 Å². The van der Waals surface area contributed by atoms with Crippen LogP contribution in [0.15, 0.2) is 46.9 Å². The minimum atomic E-state index is -0.454. The van der Waals surface area contributed by atoms with E-state index in [-0.39, 0.29) is 18.1 Å². The Kier molecular flexibility index (Phi) is 4.70. The van der Waals surface area contributed by atoms with Gasteiger partial charge in [-0.1, -0.05) is 29.8 Å². The number of aryl methyl sites for hydroxylation is 1. The van der Waals surface area contributed by atoms with Crippen LogP contribution in [0.1, 0.15) is 21.5 Å². The number of nitro benzene ring substituents is 1. The summed E-state index contributed by atoms with van der Waals surface area (Å²) in [6.45, 7) is 2.00. The van der Waals surface area contributed by atoms with Gasteiger partial charge in [0.05, 0.1) is 10.5 Å². The van der Waals surface area contributed by atoms with E-state index in [1.54, 1.807) is 30.3 Å². The number of halogens is 1. The van der Waals surface area contributed by atoms with Crippen LogP contribution in [0.2, 0.25) is 0 Å². The number of carbonyl (C=O) groups is 1. The third-order valence-corrected chi connectivity index (χ3v) is 3.69. The lowest BCUT2D eigenvalue weighted by Crippen LogP contribution is -2.23. The van der Waals surface area contributed by atoms with Crippen LogP contribution in [-0.2, 0) is 6.54 Å². The summed E-state index contributed by atoms with van der Waals surface area (Å²) in [4.78, 5) is 22.6. The Hall–Kier alpha value is -2.21. The maximum absolute atomic E-state index is 12.2. The maximum atomic E-state index is 12.2. The Balaban J connectivity index is 2.15. The minimum Gasteiger partial charge on any atom is -0.348 e. The summed E-state index contributed by atoms with van der Waals surface area (Å²) in [5.41, 5.74) is 1.95.